The Morgan fingerprint density at radius 3 is 2.90 bits per heavy atom. The molecule has 0 saturated heterocycles. The lowest BCUT2D eigenvalue weighted by Gasteiger charge is -1.92. The Morgan fingerprint density at radius 2 is 2.20 bits per heavy atom. The third kappa shape index (κ3) is 2.12. The Bertz CT molecular complexity index is 764. The van der Waals surface area contributed by atoms with Crippen molar-refractivity contribution in [2.24, 2.45) is 0 Å². The van der Waals surface area contributed by atoms with Gasteiger partial charge in [0, 0.05) is 6.20 Å². The van der Waals surface area contributed by atoms with Crippen molar-refractivity contribution in [2.75, 3.05) is 0 Å². The first-order chi connectivity index (χ1) is 9.65. The van der Waals surface area contributed by atoms with Crippen LogP contribution in [0, 0.1) is 0 Å². The highest BCUT2D eigenvalue weighted by Crippen LogP contribution is 2.22. The first kappa shape index (κ1) is 12.3. The number of halogens is 1. The lowest BCUT2D eigenvalue weighted by Crippen LogP contribution is -1.99. The maximum absolute atomic E-state index is 11.0. The van der Waals surface area contributed by atoms with Crippen LogP contribution in [0.25, 0.3) is 23.1 Å². The Labute approximate surface area is 116 Å². The van der Waals surface area contributed by atoms with Crippen LogP contribution in [-0.2, 0) is 0 Å². The standard InChI is InChI=1S/C11H6ClN5O3/c12-5-1-2-6(13-3-5)9-16-10(20-17-9)7-8(11(18)19)15-4-14-7/h1-4H,(H,14,15)(H,18,19). The maximum Gasteiger partial charge on any atom is 0.356 e. The van der Waals surface area contributed by atoms with Gasteiger partial charge in [0.05, 0.1) is 11.3 Å². The van der Waals surface area contributed by atoms with E-state index < -0.39 is 5.97 Å². The third-order valence-corrected chi connectivity index (χ3v) is 2.66. The second kappa shape index (κ2) is 4.74. The summed E-state index contributed by atoms with van der Waals surface area (Å²) in [6, 6.07) is 3.26. The number of hydrogen-bond donors (Lipinski definition) is 2. The van der Waals surface area contributed by atoms with Crippen LogP contribution in [0.1, 0.15) is 10.5 Å². The van der Waals surface area contributed by atoms with E-state index in [2.05, 4.69) is 25.1 Å². The zero-order chi connectivity index (χ0) is 14.1. The van der Waals surface area contributed by atoms with Crippen molar-refractivity contribution in [3.63, 3.8) is 0 Å². The summed E-state index contributed by atoms with van der Waals surface area (Å²) in [6.45, 7) is 0. The monoisotopic (exact) mass is 291 g/mol. The van der Waals surface area contributed by atoms with E-state index in [0.717, 1.165) is 0 Å². The van der Waals surface area contributed by atoms with Crippen molar-refractivity contribution < 1.29 is 14.4 Å². The minimum atomic E-state index is -1.19. The van der Waals surface area contributed by atoms with Crippen LogP contribution in [0.4, 0.5) is 0 Å². The quantitative estimate of drug-likeness (QED) is 0.756. The molecule has 0 aliphatic rings. The summed E-state index contributed by atoms with van der Waals surface area (Å²) in [7, 11) is 0. The normalized spacial score (nSPS) is 10.7. The number of carboxylic acid groups (broad SMARTS) is 1. The molecule has 3 heterocycles. The Morgan fingerprint density at radius 1 is 1.35 bits per heavy atom. The second-order valence-electron chi connectivity index (χ2n) is 3.72. The number of carbonyl (C=O) groups is 1. The van der Waals surface area contributed by atoms with Gasteiger partial charge in [0.1, 0.15) is 11.4 Å². The highest BCUT2D eigenvalue weighted by molar-refractivity contribution is 6.30. The summed E-state index contributed by atoms with van der Waals surface area (Å²) in [6.07, 6.45) is 2.69. The van der Waals surface area contributed by atoms with Gasteiger partial charge in [-0.2, -0.15) is 4.98 Å². The van der Waals surface area contributed by atoms with Gasteiger partial charge in [-0.05, 0) is 12.1 Å². The molecule has 0 aliphatic heterocycles. The van der Waals surface area contributed by atoms with E-state index in [4.69, 9.17) is 21.2 Å². The minimum Gasteiger partial charge on any atom is -0.476 e. The van der Waals surface area contributed by atoms with E-state index in [9.17, 15) is 4.79 Å². The lowest BCUT2D eigenvalue weighted by atomic mass is 10.3. The number of carboxylic acids is 1. The lowest BCUT2D eigenvalue weighted by molar-refractivity contribution is 0.0691. The average molecular weight is 292 g/mol. The molecule has 3 aromatic rings. The van der Waals surface area contributed by atoms with Gasteiger partial charge < -0.3 is 14.6 Å². The molecule has 0 saturated carbocycles. The molecule has 9 heteroatoms. The number of pyridine rings is 1. The summed E-state index contributed by atoms with van der Waals surface area (Å²) in [5, 5.41) is 13.2. The molecular weight excluding hydrogens is 286 g/mol. The van der Waals surface area contributed by atoms with Crippen LogP contribution in [0.5, 0.6) is 0 Å². The summed E-state index contributed by atoms with van der Waals surface area (Å²) >= 11 is 5.74. The van der Waals surface area contributed by atoms with Crippen LogP contribution in [0.2, 0.25) is 5.02 Å². The van der Waals surface area contributed by atoms with E-state index in [-0.39, 0.29) is 23.1 Å². The largest absolute Gasteiger partial charge is 0.476 e. The molecule has 0 spiro atoms. The van der Waals surface area contributed by atoms with E-state index in [1.54, 1.807) is 12.1 Å². The molecule has 2 N–H and O–H groups in total. The second-order valence-corrected chi connectivity index (χ2v) is 4.15. The molecular formula is C11H6ClN5O3. The van der Waals surface area contributed by atoms with Crippen molar-refractivity contribution in [1.29, 1.82) is 0 Å². The number of imidazole rings is 1. The molecule has 0 unspecified atom stereocenters. The van der Waals surface area contributed by atoms with Gasteiger partial charge in [0.25, 0.3) is 5.89 Å². The van der Waals surface area contributed by atoms with E-state index >= 15 is 0 Å². The highest BCUT2D eigenvalue weighted by Gasteiger charge is 2.20. The van der Waals surface area contributed by atoms with Gasteiger partial charge in [0.15, 0.2) is 5.69 Å². The van der Waals surface area contributed by atoms with Crippen molar-refractivity contribution in [3.8, 4) is 23.1 Å². The van der Waals surface area contributed by atoms with Crippen molar-refractivity contribution in [1.82, 2.24) is 25.1 Å². The van der Waals surface area contributed by atoms with Crippen LogP contribution < -0.4 is 0 Å². The highest BCUT2D eigenvalue weighted by atomic mass is 35.5. The number of aromatic nitrogens is 5. The van der Waals surface area contributed by atoms with Gasteiger partial charge in [-0.15, -0.1) is 0 Å². The van der Waals surface area contributed by atoms with Crippen LogP contribution >= 0.6 is 11.6 Å². The number of H-pyrrole nitrogens is 1. The van der Waals surface area contributed by atoms with Crippen LogP contribution in [0.3, 0.4) is 0 Å². The maximum atomic E-state index is 11.0. The number of nitrogens with zero attached hydrogens (tertiary/aromatic N) is 4. The molecule has 100 valence electrons. The average Bonchev–Trinajstić information content (AvgIpc) is 3.08. The molecule has 20 heavy (non-hydrogen) atoms. The van der Waals surface area contributed by atoms with E-state index in [1.165, 1.54) is 12.5 Å². The molecule has 0 aromatic carbocycles. The fraction of sp³-hybridized carbons (Fsp3) is 0. The van der Waals surface area contributed by atoms with Gasteiger partial charge >= 0.3 is 5.97 Å². The van der Waals surface area contributed by atoms with Gasteiger partial charge in [0.2, 0.25) is 5.82 Å². The van der Waals surface area contributed by atoms with Gasteiger partial charge in [-0.3, -0.25) is 4.98 Å². The third-order valence-electron chi connectivity index (χ3n) is 2.44. The Kier molecular flexibility index (Phi) is 2.92. The molecule has 3 rings (SSSR count). The summed E-state index contributed by atoms with van der Waals surface area (Å²) in [5.74, 6) is -0.945. The van der Waals surface area contributed by atoms with Crippen LogP contribution in [-0.4, -0.2) is 36.2 Å². The van der Waals surface area contributed by atoms with Gasteiger partial charge in [-0.1, -0.05) is 16.8 Å². The summed E-state index contributed by atoms with van der Waals surface area (Å²) in [4.78, 5) is 25.4. The number of aromatic carboxylic acids is 1. The summed E-state index contributed by atoms with van der Waals surface area (Å²) < 4.78 is 5.02. The number of nitrogens with one attached hydrogen (secondary N) is 1. The molecule has 8 nitrogen and oxygen atoms in total. The SMILES string of the molecule is O=C(O)c1nc[nH]c1-c1nc(-c2ccc(Cl)cn2)no1. The first-order valence-corrected chi connectivity index (χ1v) is 5.75. The van der Waals surface area contributed by atoms with Crippen molar-refractivity contribution in [2.45, 2.75) is 0 Å². The number of rotatable bonds is 3. The molecule has 3 aromatic heterocycles. The summed E-state index contributed by atoms with van der Waals surface area (Å²) in [5.41, 5.74) is 0.412. The fourth-order valence-electron chi connectivity index (χ4n) is 1.56. The zero-order valence-corrected chi connectivity index (χ0v) is 10.5. The van der Waals surface area contributed by atoms with E-state index in [0.29, 0.717) is 10.7 Å². The van der Waals surface area contributed by atoms with Gasteiger partial charge in [-0.25, -0.2) is 9.78 Å². The Balaban J connectivity index is 2.00. The Hall–Kier alpha value is -2.74. The predicted octanol–water partition coefficient (Wildman–Crippen LogP) is 1.87. The fourth-order valence-corrected chi connectivity index (χ4v) is 1.67. The molecule has 0 aliphatic carbocycles. The molecule has 0 fully saturated rings. The topological polar surface area (TPSA) is 118 Å². The van der Waals surface area contributed by atoms with Crippen molar-refractivity contribution in [3.05, 3.63) is 35.4 Å². The molecule has 0 atom stereocenters. The first-order valence-electron chi connectivity index (χ1n) is 5.38. The zero-order valence-electron chi connectivity index (χ0n) is 9.74. The molecule has 0 amide bonds. The molecule has 0 bridgehead atoms. The predicted molar refractivity (Wildman–Crippen MR) is 67.1 cm³/mol. The van der Waals surface area contributed by atoms with Crippen LogP contribution in [0.15, 0.2) is 29.2 Å². The number of hydrogen-bond acceptors (Lipinski definition) is 6. The van der Waals surface area contributed by atoms with E-state index in [1.807, 2.05) is 0 Å². The minimum absolute atomic E-state index is 0.0200. The van der Waals surface area contributed by atoms with Crippen molar-refractivity contribution >= 4 is 17.6 Å². The number of aromatic amines is 1. The molecule has 0 radical (unpaired) electrons. The smallest absolute Gasteiger partial charge is 0.356 e.